The maximum Gasteiger partial charge on any atom is 0.0395 e. The minimum Gasteiger partial charge on any atom is -0.374 e. The Hall–Kier alpha value is -1.02. The number of benzene rings is 1. The van der Waals surface area contributed by atoms with Crippen LogP contribution in [0.1, 0.15) is 31.4 Å². The predicted octanol–water partition coefficient (Wildman–Crippen LogP) is 2.87. The average molecular weight is 220 g/mol. The molecule has 16 heavy (non-hydrogen) atoms. The Kier molecular flexibility index (Phi) is 3.98. The lowest BCUT2D eigenvalue weighted by molar-refractivity contribution is 0.479. The van der Waals surface area contributed by atoms with Crippen LogP contribution in [0.25, 0.3) is 0 Å². The Balaban J connectivity index is 2.73. The summed E-state index contributed by atoms with van der Waals surface area (Å²) in [6.07, 6.45) is 0.997. The zero-order valence-corrected chi connectivity index (χ0v) is 11.2. The molecule has 0 fully saturated rings. The minimum atomic E-state index is -0.0913. The number of nitrogens with zero attached hydrogens (tertiary/aromatic N) is 1. The van der Waals surface area contributed by atoms with E-state index in [-0.39, 0.29) is 5.54 Å². The molecule has 90 valence electrons. The van der Waals surface area contributed by atoms with Gasteiger partial charge in [-0.3, -0.25) is 0 Å². The third-order valence-corrected chi connectivity index (χ3v) is 3.08. The van der Waals surface area contributed by atoms with Crippen LogP contribution in [0.3, 0.4) is 0 Å². The summed E-state index contributed by atoms with van der Waals surface area (Å²) >= 11 is 0. The minimum absolute atomic E-state index is 0.0913. The fourth-order valence-electron chi connectivity index (χ4n) is 1.73. The van der Waals surface area contributed by atoms with Gasteiger partial charge in [0.1, 0.15) is 0 Å². The molecule has 0 aliphatic carbocycles. The van der Waals surface area contributed by atoms with Crippen LogP contribution in [0.4, 0.5) is 5.69 Å². The molecule has 2 heteroatoms. The number of anilines is 1. The number of hydrogen-bond acceptors (Lipinski definition) is 2. The normalized spacial score (nSPS) is 11.6. The molecule has 0 aliphatic heterocycles. The van der Waals surface area contributed by atoms with Gasteiger partial charge in [0.2, 0.25) is 0 Å². The summed E-state index contributed by atoms with van der Waals surface area (Å²) in [6.45, 7) is 9.47. The molecule has 0 saturated carbocycles. The lowest BCUT2D eigenvalue weighted by Crippen LogP contribution is -2.36. The second-order valence-corrected chi connectivity index (χ2v) is 5.38. The predicted molar refractivity (Wildman–Crippen MR) is 72.1 cm³/mol. The van der Waals surface area contributed by atoms with Crippen LogP contribution in [-0.4, -0.2) is 19.1 Å². The first-order chi connectivity index (χ1) is 7.31. The van der Waals surface area contributed by atoms with E-state index in [9.17, 15) is 0 Å². The maximum atomic E-state index is 6.00. The smallest absolute Gasteiger partial charge is 0.0395 e. The van der Waals surface area contributed by atoms with Gasteiger partial charge in [-0.2, -0.15) is 0 Å². The second kappa shape index (κ2) is 4.88. The highest BCUT2D eigenvalue weighted by molar-refractivity contribution is 5.55. The van der Waals surface area contributed by atoms with Crippen molar-refractivity contribution >= 4 is 5.69 Å². The first-order valence-corrected chi connectivity index (χ1v) is 5.87. The Labute approximate surface area is 99.5 Å². The van der Waals surface area contributed by atoms with Gasteiger partial charge in [-0.1, -0.05) is 12.1 Å². The molecule has 2 nitrogen and oxygen atoms in total. The summed E-state index contributed by atoms with van der Waals surface area (Å²) in [5.74, 6) is 0. The van der Waals surface area contributed by atoms with Gasteiger partial charge in [-0.15, -0.1) is 0 Å². The van der Waals surface area contributed by atoms with E-state index in [1.807, 2.05) is 0 Å². The summed E-state index contributed by atoms with van der Waals surface area (Å²) in [5.41, 5.74) is 9.93. The fraction of sp³-hybridized carbons (Fsp3) is 0.571. The van der Waals surface area contributed by atoms with Crippen molar-refractivity contribution in [2.75, 3.05) is 18.5 Å². The molecular weight excluding hydrogens is 196 g/mol. The lowest BCUT2D eigenvalue weighted by atomic mass is 10.0. The van der Waals surface area contributed by atoms with Gasteiger partial charge in [0.15, 0.2) is 0 Å². The second-order valence-electron chi connectivity index (χ2n) is 5.38. The van der Waals surface area contributed by atoms with E-state index in [0.717, 1.165) is 13.0 Å². The quantitative estimate of drug-likeness (QED) is 0.845. The van der Waals surface area contributed by atoms with E-state index in [1.165, 1.54) is 16.8 Å². The van der Waals surface area contributed by atoms with Gasteiger partial charge >= 0.3 is 0 Å². The third-order valence-electron chi connectivity index (χ3n) is 3.08. The van der Waals surface area contributed by atoms with Crippen LogP contribution >= 0.6 is 0 Å². The molecule has 0 saturated heterocycles. The van der Waals surface area contributed by atoms with Gasteiger partial charge in [0.05, 0.1) is 0 Å². The van der Waals surface area contributed by atoms with Crippen LogP contribution in [0.2, 0.25) is 0 Å². The molecule has 0 spiro atoms. The van der Waals surface area contributed by atoms with Crippen molar-refractivity contribution in [3.8, 4) is 0 Å². The third kappa shape index (κ3) is 3.53. The van der Waals surface area contributed by atoms with Gasteiger partial charge < -0.3 is 10.6 Å². The van der Waals surface area contributed by atoms with Gasteiger partial charge in [-0.25, -0.2) is 0 Å². The summed E-state index contributed by atoms with van der Waals surface area (Å²) in [7, 11) is 2.13. The molecule has 1 aromatic rings. The first-order valence-electron chi connectivity index (χ1n) is 5.87. The van der Waals surface area contributed by atoms with Crippen LogP contribution < -0.4 is 10.6 Å². The zero-order chi connectivity index (χ0) is 12.3. The van der Waals surface area contributed by atoms with E-state index in [1.54, 1.807) is 0 Å². The van der Waals surface area contributed by atoms with Gasteiger partial charge in [0, 0.05) is 24.8 Å². The molecule has 0 amide bonds. The highest BCUT2D eigenvalue weighted by Gasteiger charge is 2.13. The van der Waals surface area contributed by atoms with Crippen molar-refractivity contribution in [3.63, 3.8) is 0 Å². The summed E-state index contributed by atoms with van der Waals surface area (Å²) in [4.78, 5) is 2.29. The maximum absolute atomic E-state index is 6.00. The van der Waals surface area contributed by atoms with E-state index in [4.69, 9.17) is 5.73 Å². The van der Waals surface area contributed by atoms with Gasteiger partial charge in [0.25, 0.3) is 0 Å². The fourth-order valence-corrected chi connectivity index (χ4v) is 1.73. The number of hydrogen-bond donors (Lipinski definition) is 1. The Bertz CT molecular complexity index is 350. The largest absolute Gasteiger partial charge is 0.374 e. The summed E-state index contributed by atoms with van der Waals surface area (Å²) in [5, 5.41) is 0. The van der Waals surface area contributed by atoms with Crippen molar-refractivity contribution in [2.45, 2.75) is 39.7 Å². The van der Waals surface area contributed by atoms with Crippen LogP contribution in [0, 0.1) is 13.8 Å². The topological polar surface area (TPSA) is 29.3 Å². The monoisotopic (exact) mass is 220 g/mol. The molecule has 0 unspecified atom stereocenters. The molecule has 0 radical (unpaired) electrons. The molecule has 0 heterocycles. The Morgan fingerprint density at radius 1 is 1.25 bits per heavy atom. The summed E-state index contributed by atoms with van der Waals surface area (Å²) < 4.78 is 0. The Morgan fingerprint density at radius 2 is 1.88 bits per heavy atom. The van der Waals surface area contributed by atoms with E-state index < -0.39 is 0 Å². The van der Waals surface area contributed by atoms with Crippen molar-refractivity contribution in [1.82, 2.24) is 0 Å². The van der Waals surface area contributed by atoms with Crippen LogP contribution in [-0.2, 0) is 0 Å². The average Bonchev–Trinajstić information content (AvgIpc) is 2.17. The molecule has 0 bridgehead atoms. The van der Waals surface area contributed by atoms with Crippen molar-refractivity contribution < 1.29 is 0 Å². The van der Waals surface area contributed by atoms with E-state index >= 15 is 0 Å². The highest BCUT2D eigenvalue weighted by Crippen LogP contribution is 2.22. The highest BCUT2D eigenvalue weighted by atomic mass is 15.1. The van der Waals surface area contributed by atoms with Gasteiger partial charge in [-0.05, 0) is 51.3 Å². The Morgan fingerprint density at radius 3 is 2.44 bits per heavy atom. The molecule has 0 aromatic heterocycles. The SMILES string of the molecule is Cc1cccc(N(C)CCC(C)(C)N)c1C. The van der Waals surface area contributed by atoms with Crippen molar-refractivity contribution in [2.24, 2.45) is 5.73 Å². The molecule has 1 rings (SSSR count). The number of aryl methyl sites for hydroxylation is 1. The van der Waals surface area contributed by atoms with Crippen molar-refractivity contribution in [3.05, 3.63) is 29.3 Å². The van der Waals surface area contributed by atoms with E-state index in [0.29, 0.717) is 0 Å². The molecule has 0 aliphatic rings. The van der Waals surface area contributed by atoms with E-state index in [2.05, 4.69) is 57.8 Å². The van der Waals surface area contributed by atoms with Crippen molar-refractivity contribution in [1.29, 1.82) is 0 Å². The molecule has 2 N–H and O–H groups in total. The van der Waals surface area contributed by atoms with Crippen LogP contribution in [0.5, 0.6) is 0 Å². The van der Waals surface area contributed by atoms with Crippen LogP contribution in [0.15, 0.2) is 18.2 Å². The molecule has 1 aromatic carbocycles. The number of nitrogens with two attached hydrogens (primary N) is 1. The first kappa shape index (κ1) is 13.0. The molecular formula is C14H24N2. The lowest BCUT2D eigenvalue weighted by Gasteiger charge is -2.26. The number of rotatable bonds is 4. The standard InChI is InChI=1S/C14H24N2/c1-11-7-6-8-13(12(11)2)16(5)10-9-14(3,4)15/h6-8H,9-10,15H2,1-5H3. The summed E-state index contributed by atoms with van der Waals surface area (Å²) in [6, 6.07) is 6.44. The zero-order valence-electron chi connectivity index (χ0n) is 11.2. The molecule has 0 atom stereocenters.